The predicted octanol–water partition coefficient (Wildman–Crippen LogP) is 2.64. The summed E-state index contributed by atoms with van der Waals surface area (Å²) in [6.45, 7) is 7.61. The fourth-order valence-electron chi connectivity index (χ4n) is 2.38. The van der Waals surface area contributed by atoms with E-state index in [2.05, 4.69) is 74.2 Å². The molecule has 0 unspecified atom stereocenters. The average molecular weight is 274 g/mol. The van der Waals surface area contributed by atoms with E-state index in [1.807, 2.05) is 0 Å². The zero-order valence-corrected chi connectivity index (χ0v) is 13.9. The standard InChI is InChI=1S/C19H25N.Li/c1-4-5-6-15-20(18-11-7-16(2)8-12-18)19-13-9-17(3)10-14-19;/h7-14H,4-6,15H2,1-3H3;/q;+1. The van der Waals surface area contributed by atoms with E-state index in [0.717, 1.165) is 6.54 Å². The van der Waals surface area contributed by atoms with Crippen molar-refractivity contribution in [1.82, 2.24) is 0 Å². The maximum absolute atomic E-state index is 2.43. The third-order valence-corrected chi connectivity index (χ3v) is 3.68. The van der Waals surface area contributed by atoms with Crippen molar-refractivity contribution in [1.29, 1.82) is 0 Å². The van der Waals surface area contributed by atoms with E-state index in [-0.39, 0.29) is 18.9 Å². The molecular formula is C19H25LiN+. The molecule has 0 aliphatic heterocycles. The van der Waals surface area contributed by atoms with E-state index in [1.54, 1.807) is 0 Å². The molecule has 0 spiro atoms. The van der Waals surface area contributed by atoms with Crippen LogP contribution in [0.25, 0.3) is 0 Å². The molecule has 2 aromatic rings. The number of benzene rings is 2. The van der Waals surface area contributed by atoms with Crippen molar-refractivity contribution >= 4 is 11.4 Å². The van der Waals surface area contributed by atoms with Crippen LogP contribution in [-0.4, -0.2) is 6.54 Å². The minimum absolute atomic E-state index is 0. The van der Waals surface area contributed by atoms with Gasteiger partial charge in [0.2, 0.25) is 0 Å². The number of hydrogen-bond donors (Lipinski definition) is 0. The molecule has 2 aromatic carbocycles. The quantitative estimate of drug-likeness (QED) is 0.578. The summed E-state index contributed by atoms with van der Waals surface area (Å²) in [7, 11) is 0. The van der Waals surface area contributed by atoms with E-state index >= 15 is 0 Å². The molecule has 0 amide bonds. The second kappa shape index (κ2) is 8.98. The van der Waals surface area contributed by atoms with Crippen LogP contribution in [0, 0.1) is 13.8 Å². The Kier molecular flexibility index (Phi) is 7.65. The van der Waals surface area contributed by atoms with E-state index in [1.165, 1.54) is 41.8 Å². The minimum Gasteiger partial charge on any atom is -0.341 e. The molecule has 0 fully saturated rings. The molecule has 0 aliphatic rings. The van der Waals surface area contributed by atoms with Crippen molar-refractivity contribution in [2.45, 2.75) is 40.0 Å². The van der Waals surface area contributed by atoms with Gasteiger partial charge in [0.1, 0.15) is 0 Å². The molecule has 106 valence electrons. The third-order valence-electron chi connectivity index (χ3n) is 3.68. The molecule has 0 N–H and O–H groups in total. The number of nitrogens with zero attached hydrogens (tertiary/aromatic N) is 1. The molecule has 2 rings (SSSR count). The SMILES string of the molecule is CCCCCN(c1ccc(C)cc1)c1ccc(C)cc1.[Li+]. The maximum Gasteiger partial charge on any atom is 1.00 e. The van der Waals surface area contributed by atoms with Crippen molar-refractivity contribution in [3.05, 3.63) is 59.7 Å². The molecule has 21 heavy (non-hydrogen) atoms. The van der Waals surface area contributed by atoms with Crippen LogP contribution in [0.15, 0.2) is 48.5 Å². The Balaban J connectivity index is 0.00000220. The number of rotatable bonds is 6. The molecule has 0 saturated heterocycles. The topological polar surface area (TPSA) is 3.24 Å². The molecule has 0 heterocycles. The van der Waals surface area contributed by atoms with Gasteiger partial charge in [-0.1, -0.05) is 55.2 Å². The van der Waals surface area contributed by atoms with Crippen LogP contribution < -0.4 is 23.8 Å². The first kappa shape index (κ1) is 17.9. The molecular weight excluding hydrogens is 249 g/mol. The number of anilines is 2. The van der Waals surface area contributed by atoms with Crippen molar-refractivity contribution in [2.75, 3.05) is 11.4 Å². The van der Waals surface area contributed by atoms with E-state index < -0.39 is 0 Å². The van der Waals surface area contributed by atoms with Gasteiger partial charge >= 0.3 is 18.9 Å². The maximum atomic E-state index is 2.43. The Morgan fingerprint density at radius 3 is 1.52 bits per heavy atom. The summed E-state index contributed by atoms with van der Waals surface area (Å²) in [5.41, 5.74) is 5.20. The van der Waals surface area contributed by atoms with E-state index in [9.17, 15) is 0 Å². The zero-order valence-electron chi connectivity index (χ0n) is 13.9. The zero-order chi connectivity index (χ0) is 14.4. The van der Waals surface area contributed by atoms with Crippen LogP contribution in [-0.2, 0) is 0 Å². The first-order valence-corrected chi connectivity index (χ1v) is 7.61. The summed E-state index contributed by atoms with van der Waals surface area (Å²) in [6, 6.07) is 17.7. The van der Waals surface area contributed by atoms with Gasteiger partial charge in [-0.15, -0.1) is 0 Å². The number of hydrogen-bond acceptors (Lipinski definition) is 1. The average Bonchev–Trinajstić information content (AvgIpc) is 2.46. The van der Waals surface area contributed by atoms with Crippen LogP contribution in [0.2, 0.25) is 0 Å². The third kappa shape index (κ3) is 5.27. The Morgan fingerprint density at radius 2 is 1.14 bits per heavy atom. The van der Waals surface area contributed by atoms with Gasteiger partial charge in [0.15, 0.2) is 0 Å². The summed E-state index contributed by atoms with van der Waals surface area (Å²) in [5, 5.41) is 0. The fourth-order valence-corrected chi connectivity index (χ4v) is 2.38. The summed E-state index contributed by atoms with van der Waals surface area (Å²) in [4.78, 5) is 2.43. The van der Waals surface area contributed by atoms with Gasteiger partial charge in [-0.25, -0.2) is 0 Å². The van der Waals surface area contributed by atoms with Crippen LogP contribution in [0.1, 0.15) is 37.3 Å². The monoisotopic (exact) mass is 274 g/mol. The summed E-state index contributed by atoms with van der Waals surface area (Å²) in [6.07, 6.45) is 3.78. The molecule has 0 radical (unpaired) electrons. The van der Waals surface area contributed by atoms with Crippen molar-refractivity contribution < 1.29 is 18.9 Å². The molecule has 0 aliphatic carbocycles. The largest absolute Gasteiger partial charge is 1.00 e. The second-order valence-electron chi connectivity index (χ2n) is 5.53. The van der Waals surface area contributed by atoms with Crippen molar-refractivity contribution in [3.63, 3.8) is 0 Å². The van der Waals surface area contributed by atoms with Crippen molar-refractivity contribution in [2.24, 2.45) is 0 Å². The summed E-state index contributed by atoms with van der Waals surface area (Å²) in [5.74, 6) is 0. The molecule has 0 atom stereocenters. The van der Waals surface area contributed by atoms with E-state index in [4.69, 9.17) is 0 Å². The second-order valence-corrected chi connectivity index (χ2v) is 5.53. The molecule has 0 saturated carbocycles. The number of aryl methyl sites for hydroxylation is 2. The van der Waals surface area contributed by atoms with Gasteiger partial charge in [0.25, 0.3) is 0 Å². The summed E-state index contributed by atoms with van der Waals surface area (Å²) >= 11 is 0. The van der Waals surface area contributed by atoms with Crippen LogP contribution in [0.3, 0.4) is 0 Å². The van der Waals surface area contributed by atoms with Crippen molar-refractivity contribution in [3.8, 4) is 0 Å². The van der Waals surface area contributed by atoms with Gasteiger partial charge in [-0.3, -0.25) is 0 Å². The number of unbranched alkanes of at least 4 members (excludes halogenated alkanes) is 2. The van der Waals surface area contributed by atoms with Gasteiger partial charge in [0, 0.05) is 17.9 Å². The Morgan fingerprint density at radius 1 is 0.714 bits per heavy atom. The first-order valence-electron chi connectivity index (χ1n) is 7.61. The van der Waals surface area contributed by atoms with E-state index in [0.29, 0.717) is 0 Å². The Hall–Kier alpha value is -1.16. The van der Waals surface area contributed by atoms with Gasteiger partial charge in [0.05, 0.1) is 0 Å². The van der Waals surface area contributed by atoms with Crippen LogP contribution >= 0.6 is 0 Å². The minimum atomic E-state index is 0. The van der Waals surface area contributed by atoms with Crippen LogP contribution in [0.4, 0.5) is 11.4 Å². The van der Waals surface area contributed by atoms with Gasteiger partial charge in [-0.05, 0) is 44.5 Å². The van der Waals surface area contributed by atoms with Gasteiger partial charge < -0.3 is 4.90 Å². The smallest absolute Gasteiger partial charge is 0.341 e. The molecule has 0 aromatic heterocycles. The first-order chi connectivity index (χ1) is 9.70. The normalized spacial score (nSPS) is 10.0. The Labute approximate surface area is 141 Å². The molecule has 1 nitrogen and oxygen atoms in total. The Bertz CT molecular complexity index is 471. The summed E-state index contributed by atoms with van der Waals surface area (Å²) < 4.78 is 0. The fraction of sp³-hybridized carbons (Fsp3) is 0.368. The molecule has 0 bridgehead atoms. The predicted molar refractivity (Wildman–Crippen MR) is 88.9 cm³/mol. The van der Waals surface area contributed by atoms with Gasteiger partial charge in [-0.2, -0.15) is 0 Å². The molecule has 2 heteroatoms. The van der Waals surface area contributed by atoms with Crippen LogP contribution in [0.5, 0.6) is 0 Å².